The van der Waals surface area contributed by atoms with E-state index in [9.17, 15) is 14.7 Å². The number of unbranched alkanes of at least 4 members (excludes halogenated alkanes) is 1. The Labute approximate surface area is 157 Å². The maximum atomic E-state index is 13.0. The molecule has 7 nitrogen and oxygen atoms in total. The van der Waals surface area contributed by atoms with Crippen LogP contribution in [0, 0.1) is 0 Å². The first-order chi connectivity index (χ1) is 13.0. The molecule has 1 aliphatic rings. The SMILES string of the molecule is CCCCNC(=O)[C@]1(O)c2ccccc2NC(=O)N1c1cccc(OC)c1. The zero-order valence-electron chi connectivity index (χ0n) is 15.4. The van der Waals surface area contributed by atoms with Crippen molar-refractivity contribution in [1.29, 1.82) is 0 Å². The number of carbonyl (C=O) groups excluding carboxylic acids is 2. The number of hydrogen-bond acceptors (Lipinski definition) is 4. The number of benzene rings is 2. The Bertz CT molecular complexity index is 855. The van der Waals surface area contributed by atoms with E-state index in [1.165, 1.54) is 7.11 Å². The first-order valence-electron chi connectivity index (χ1n) is 8.87. The largest absolute Gasteiger partial charge is 0.497 e. The van der Waals surface area contributed by atoms with Gasteiger partial charge < -0.3 is 20.5 Å². The molecule has 2 aromatic carbocycles. The minimum atomic E-state index is -2.18. The molecule has 27 heavy (non-hydrogen) atoms. The van der Waals surface area contributed by atoms with Crippen molar-refractivity contribution in [1.82, 2.24) is 5.32 Å². The molecule has 1 heterocycles. The Morgan fingerprint density at radius 2 is 2.04 bits per heavy atom. The van der Waals surface area contributed by atoms with E-state index in [2.05, 4.69) is 10.6 Å². The quantitative estimate of drug-likeness (QED) is 0.683. The van der Waals surface area contributed by atoms with Crippen molar-refractivity contribution in [2.45, 2.75) is 25.5 Å². The maximum Gasteiger partial charge on any atom is 0.329 e. The van der Waals surface area contributed by atoms with Crippen molar-refractivity contribution in [3.63, 3.8) is 0 Å². The summed E-state index contributed by atoms with van der Waals surface area (Å²) < 4.78 is 5.22. The Balaban J connectivity index is 2.11. The van der Waals surface area contributed by atoms with Gasteiger partial charge >= 0.3 is 6.03 Å². The van der Waals surface area contributed by atoms with Crippen molar-refractivity contribution >= 4 is 23.3 Å². The number of ether oxygens (including phenoxy) is 1. The van der Waals surface area contributed by atoms with Crippen LogP contribution < -0.4 is 20.3 Å². The number of aliphatic hydroxyl groups is 1. The van der Waals surface area contributed by atoms with Crippen LogP contribution >= 0.6 is 0 Å². The summed E-state index contributed by atoms with van der Waals surface area (Å²) in [4.78, 5) is 26.9. The zero-order chi connectivity index (χ0) is 19.4. The van der Waals surface area contributed by atoms with E-state index in [0.717, 1.165) is 17.7 Å². The lowest BCUT2D eigenvalue weighted by Gasteiger charge is -2.42. The van der Waals surface area contributed by atoms with E-state index in [4.69, 9.17) is 4.74 Å². The van der Waals surface area contributed by atoms with Gasteiger partial charge in [-0.25, -0.2) is 4.79 Å². The number of para-hydroxylation sites is 1. The molecule has 142 valence electrons. The highest BCUT2D eigenvalue weighted by atomic mass is 16.5. The molecular formula is C20H23N3O4. The van der Waals surface area contributed by atoms with E-state index in [1.807, 2.05) is 6.92 Å². The number of hydrogen-bond donors (Lipinski definition) is 3. The summed E-state index contributed by atoms with van der Waals surface area (Å²) in [6.07, 6.45) is 1.67. The Morgan fingerprint density at radius 1 is 1.26 bits per heavy atom. The standard InChI is InChI=1S/C20H23N3O4/c1-3-4-12-21-18(24)20(26)16-10-5-6-11-17(16)22-19(25)23(20)14-8-7-9-15(13-14)27-2/h5-11,13,26H,3-4,12H2,1-2H3,(H,21,24)(H,22,25)/t20-/m1/s1. The van der Waals surface area contributed by atoms with E-state index < -0.39 is 17.7 Å². The van der Waals surface area contributed by atoms with Gasteiger partial charge in [-0.15, -0.1) is 0 Å². The predicted molar refractivity (Wildman–Crippen MR) is 103 cm³/mol. The smallest absolute Gasteiger partial charge is 0.329 e. The monoisotopic (exact) mass is 369 g/mol. The number of nitrogens with one attached hydrogen (secondary N) is 2. The molecule has 0 unspecified atom stereocenters. The number of rotatable bonds is 6. The minimum absolute atomic E-state index is 0.307. The number of amides is 3. The highest BCUT2D eigenvalue weighted by Gasteiger charge is 2.51. The highest BCUT2D eigenvalue weighted by Crippen LogP contribution is 2.40. The second kappa shape index (κ2) is 7.67. The van der Waals surface area contributed by atoms with Crippen molar-refractivity contribution in [3.8, 4) is 5.75 Å². The van der Waals surface area contributed by atoms with Gasteiger partial charge in [-0.1, -0.05) is 37.6 Å². The third kappa shape index (κ3) is 3.33. The summed E-state index contributed by atoms with van der Waals surface area (Å²) in [5.41, 5.74) is -1.13. The Kier molecular flexibility index (Phi) is 5.32. The molecule has 0 fully saturated rings. The molecule has 1 aliphatic heterocycles. The van der Waals surface area contributed by atoms with Gasteiger partial charge in [0.25, 0.3) is 11.6 Å². The number of nitrogens with zero attached hydrogens (tertiary/aromatic N) is 1. The van der Waals surface area contributed by atoms with Crippen LogP contribution in [0.4, 0.5) is 16.2 Å². The Hall–Kier alpha value is -3.06. The van der Waals surface area contributed by atoms with Crippen LogP contribution in [0.3, 0.4) is 0 Å². The fourth-order valence-electron chi connectivity index (χ4n) is 3.11. The predicted octanol–water partition coefficient (Wildman–Crippen LogP) is 2.81. The van der Waals surface area contributed by atoms with Gasteiger partial charge in [-0.3, -0.25) is 9.69 Å². The van der Waals surface area contributed by atoms with E-state index in [1.54, 1.807) is 48.5 Å². The molecule has 0 radical (unpaired) electrons. The van der Waals surface area contributed by atoms with Gasteiger partial charge in [0.2, 0.25) is 0 Å². The van der Waals surface area contributed by atoms with Crippen LogP contribution in [0.2, 0.25) is 0 Å². The fourth-order valence-corrected chi connectivity index (χ4v) is 3.11. The summed E-state index contributed by atoms with van der Waals surface area (Å²) in [6, 6.07) is 12.8. The topological polar surface area (TPSA) is 90.9 Å². The van der Waals surface area contributed by atoms with Gasteiger partial charge in [0.05, 0.1) is 18.5 Å². The summed E-state index contributed by atoms with van der Waals surface area (Å²) in [6.45, 7) is 2.42. The second-order valence-electron chi connectivity index (χ2n) is 6.29. The molecule has 0 aliphatic carbocycles. The number of fused-ring (bicyclic) bond motifs is 1. The van der Waals surface area contributed by atoms with Crippen LogP contribution in [0.15, 0.2) is 48.5 Å². The Morgan fingerprint density at radius 3 is 2.78 bits per heavy atom. The average Bonchev–Trinajstić information content (AvgIpc) is 2.68. The summed E-state index contributed by atoms with van der Waals surface area (Å²) >= 11 is 0. The van der Waals surface area contributed by atoms with Crippen molar-refractivity contribution in [2.24, 2.45) is 0 Å². The molecule has 2 aromatic rings. The average molecular weight is 369 g/mol. The highest BCUT2D eigenvalue weighted by molar-refractivity contribution is 6.11. The fraction of sp³-hybridized carbons (Fsp3) is 0.300. The normalized spacial score (nSPS) is 18.5. The lowest BCUT2D eigenvalue weighted by Crippen LogP contribution is -2.62. The maximum absolute atomic E-state index is 13.0. The first-order valence-corrected chi connectivity index (χ1v) is 8.87. The van der Waals surface area contributed by atoms with Crippen molar-refractivity contribution in [2.75, 3.05) is 23.9 Å². The van der Waals surface area contributed by atoms with Crippen LogP contribution in [-0.2, 0) is 10.5 Å². The summed E-state index contributed by atoms with van der Waals surface area (Å²) in [5, 5.41) is 17.0. The lowest BCUT2D eigenvalue weighted by molar-refractivity contribution is -0.140. The number of urea groups is 1. The number of anilines is 2. The van der Waals surface area contributed by atoms with Gasteiger partial charge in [-0.05, 0) is 24.6 Å². The zero-order valence-corrected chi connectivity index (χ0v) is 15.4. The molecule has 0 saturated heterocycles. The third-order valence-electron chi connectivity index (χ3n) is 4.51. The molecule has 7 heteroatoms. The first kappa shape index (κ1) is 18.7. The molecule has 3 N–H and O–H groups in total. The van der Waals surface area contributed by atoms with E-state index in [0.29, 0.717) is 29.2 Å². The van der Waals surface area contributed by atoms with Crippen LogP contribution in [-0.4, -0.2) is 30.7 Å². The van der Waals surface area contributed by atoms with Gasteiger partial charge in [0.1, 0.15) is 5.75 Å². The lowest BCUT2D eigenvalue weighted by atomic mass is 9.94. The van der Waals surface area contributed by atoms with Crippen molar-refractivity contribution in [3.05, 3.63) is 54.1 Å². The number of carbonyl (C=O) groups is 2. The summed E-state index contributed by atoms with van der Waals surface area (Å²) in [7, 11) is 1.51. The second-order valence-corrected chi connectivity index (χ2v) is 6.29. The van der Waals surface area contributed by atoms with Crippen molar-refractivity contribution < 1.29 is 19.4 Å². The molecule has 3 rings (SSSR count). The molecular weight excluding hydrogens is 346 g/mol. The molecule has 1 atom stereocenters. The summed E-state index contributed by atoms with van der Waals surface area (Å²) in [5.74, 6) is -0.144. The van der Waals surface area contributed by atoms with Crippen LogP contribution in [0.5, 0.6) is 5.75 Å². The van der Waals surface area contributed by atoms with Gasteiger partial charge in [0, 0.05) is 18.2 Å². The molecule has 0 bridgehead atoms. The number of methoxy groups -OCH3 is 1. The molecule has 0 spiro atoms. The van der Waals surface area contributed by atoms with Crippen LogP contribution in [0.25, 0.3) is 0 Å². The third-order valence-corrected chi connectivity index (χ3v) is 4.51. The molecule has 0 saturated carbocycles. The molecule has 3 amide bonds. The van der Waals surface area contributed by atoms with E-state index in [-0.39, 0.29) is 0 Å². The van der Waals surface area contributed by atoms with Crippen LogP contribution in [0.1, 0.15) is 25.3 Å². The molecule has 0 aromatic heterocycles. The van der Waals surface area contributed by atoms with Gasteiger partial charge in [0.15, 0.2) is 0 Å². The van der Waals surface area contributed by atoms with Gasteiger partial charge in [-0.2, -0.15) is 0 Å². The minimum Gasteiger partial charge on any atom is -0.497 e. The van der Waals surface area contributed by atoms with E-state index >= 15 is 0 Å².